The zero-order valence-corrected chi connectivity index (χ0v) is 15.6. The minimum absolute atomic E-state index is 0.00284. The Hall–Kier alpha value is -2.95. The number of nitrogens with zero attached hydrogens (tertiary/aromatic N) is 3. The first-order valence-corrected chi connectivity index (χ1v) is 9.48. The number of benzene rings is 1. The maximum absolute atomic E-state index is 11.9. The number of hydrogen-bond donors (Lipinski definition) is 4. The van der Waals surface area contributed by atoms with Crippen LogP contribution >= 0.6 is 11.6 Å². The maximum atomic E-state index is 11.9. The summed E-state index contributed by atoms with van der Waals surface area (Å²) in [5.41, 5.74) is 0.181. The van der Waals surface area contributed by atoms with Crippen molar-refractivity contribution in [3.05, 3.63) is 53.9 Å². The van der Waals surface area contributed by atoms with Crippen LogP contribution < -0.4 is 15.4 Å². The van der Waals surface area contributed by atoms with Gasteiger partial charge in [0.2, 0.25) is 10.0 Å². The van der Waals surface area contributed by atoms with Crippen molar-refractivity contribution in [3.63, 3.8) is 0 Å². The van der Waals surface area contributed by atoms with Gasteiger partial charge in [-0.25, -0.2) is 28.1 Å². The van der Waals surface area contributed by atoms with Crippen molar-refractivity contribution in [2.45, 2.75) is 4.90 Å². The van der Waals surface area contributed by atoms with E-state index in [1.807, 2.05) is 0 Å². The molecule has 0 fully saturated rings. The van der Waals surface area contributed by atoms with Crippen molar-refractivity contribution < 1.29 is 13.5 Å². The molecule has 11 heteroatoms. The zero-order chi connectivity index (χ0) is 19.4. The van der Waals surface area contributed by atoms with E-state index in [0.29, 0.717) is 22.5 Å². The van der Waals surface area contributed by atoms with Crippen molar-refractivity contribution in [1.29, 1.82) is 0 Å². The van der Waals surface area contributed by atoms with Crippen molar-refractivity contribution in [1.82, 2.24) is 19.7 Å². The highest BCUT2D eigenvalue weighted by Crippen LogP contribution is 2.29. The molecule has 1 aromatic carbocycles. The molecule has 2 heterocycles. The summed E-state index contributed by atoms with van der Waals surface area (Å²) in [7, 11) is -2.34. The molecule has 0 amide bonds. The highest BCUT2D eigenvalue weighted by Gasteiger charge is 2.14. The predicted molar refractivity (Wildman–Crippen MR) is 102 cm³/mol. The number of phenolic OH excluding ortho intramolecular Hbond substituents is 1. The third-order valence-corrected chi connectivity index (χ3v) is 5.10. The summed E-state index contributed by atoms with van der Waals surface area (Å²) in [5.74, 6) is 1.20. The summed E-state index contributed by atoms with van der Waals surface area (Å²) in [4.78, 5) is 12.3. The lowest BCUT2D eigenvalue weighted by molar-refractivity contribution is 0.477. The third-order valence-electron chi connectivity index (χ3n) is 3.46. The number of nitrogens with one attached hydrogen (secondary N) is 3. The van der Waals surface area contributed by atoms with Gasteiger partial charge in [-0.05, 0) is 37.4 Å². The number of pyridine rings is 1. The van der Waals surface area contributed by atoms with Gasteiger partial charge in [-0.3, -0.25) is 0 Å². The van der Waals surface area contributed by atoms with Gasteiger partial charge in [0.1, 0.15) is 29.5 Å². The summed E-state index contributed by atoms with van der Waals surface area (Å²) in [6.45, 7) is 0. The van der Waals surface area contributed by atoms with Gasteiger partial charge in [0.25, 0.3) is 0 Å². The van der Waals surface area contributed by atoms with E-state index < -0.39 is 10.0 Å². The van der Waals surface area contributed by atoms with E-state index in [0.717, 1.165) is 0 Å². The fourth-order valence-electron chi connectivity index (χ4n) is 2.11. The second-order valence-corrected chi connectivity index (χ2v) is 7.61. The van der Waals surface area contributed by atoms with E-state index >= 15 is 0 Å². The average molecular weight is 407 g/mol. The zero-order valence-electron chi connectivity index (χ0n) is 14.0. The van der Waals surface area contributed by atoms with Crippen LogP contribution in [0, 0.1) is 0 Å². The summed E-state index contributed by atoms with van der Waals surface area (Å²) in [6, 6.07) is 8.83. The fraction of sp³-hybridized carbons (Fsp3) is 0.0625. The Bertz CT molecular complexity index is 1060. The quantitative estimate of drug-likeness (QED) is 0.460. The van der Waals surface area contributed by atoms with Gasteiger partial charge < -0.3 is 15.7 Å². The molecular formula is C16H15ClN6O3S. The Morgan fingerprint density at radius 3 is 2.37 bits per heavy atom. The van der Waals surface area contributed by atoms with Gasteiger partial charge in [-0.2, -0.15) is 0 Å². The second kappa shape index (κ2) is 7.74. The van der Waals surface area contributed by atoms with Crippen molar-refractivity contribution in [3.8, 4) is 5.75 Å². The highest BCUT2D eigenvalue weighted by atomic mass is 35.5. The molecule has 0 aliphatic heterocycles. The smallest absolute Gasteiger partial charge is 0.240 e. The molecule has 0 atom stereocenters. The van der Waals surface area contributed by atoms with Crippen molar-refractivity contribution in [2.75, 3.05) is 17.7 Å². The summed E-state index contributed by atoms with van der Waals surface area (Å²) < 4.78 is 26.1. The van der Waals surface area contributed by atoms with Crippen LogP contribution in [-0.4, -0.2) is 35.5 Å². The molecular weight excluding hydrogens is 392 g/mol. The number of hydrogen-bond acceptors (Lipinski definition) is 8. The molecule has 4 N–H and O–H groups in total. The number of anilines is 4. The average Bonchev–Trinajstić information content (AvgIpc) is 2.65. The summed E-state index contributed by atoms with van der Waals surface area (Å²) in [5, 5.41) is 16.4. The molecule has 2 aromatic heterocycles. The Morgan fingerprint density at radius 1 is 0.963 bits per heavy atom. The van der Waals surface area contributed by atoms with Crippen LogP contribution in [0.15, 0.2) is 53.8 Å². The lowest BCUT2D eigenvalue weighted by Crippen LogP contribution is -2.18. The van der Waals surface area contributed by atoms with E-state index in [1.54, 1.807) is 18.2 Å². The lowest BCUT2D eigenvalue weighted by Gasteiger charge is -2.11. The molecule has 0 aliphatic rings. The van der Waals surface area contributed by atoms with Crippen LogP contribution in [0.3, 0.4) is 0 Å². The van der Waals surface area contributed by atoms with Crippen LogP contribution in [0.2, 0.25) is 5.02 Å². The molecule has 27 heavy (non-hydrogen) atoms. The van der Waals surface area contributed by atoms with Crippen LogP contribution in [-0.2, 0) is 10.0 Å². The second-order valence-electron chi connectivity index (χ2n) is 5.29. The van der Waals surface area contributed by atoms with Gasteiger partial charge in [-0.1, -0.05) is 11.6 Å². The molecule has 3 rings (SSSR count). The van der Waals surface area contributed by atoms with Gasteiger partial charge in [0.15, 0.2) is 0 Å². The molecule has 0 unspecified atom stereocenters. The SMILES string of the molecule is CNS(=O)(=O)c1ccc(O)c(Nc2cc(Nc3ccc(Cl)cn3)ncn2)c1. The number of phenols is 1. The molecule has 140 valence electrons. The number of rotatable bonds is 6. The van der Waals surface area contributed by atoms with Crippen LogP contribution in [0.25, 0.3) is 0 Å². The van der Waals surface area contributed by atoms with Crippen molar-refractivity contribution >= 4 is 44.8 Å². The lowest BCUT2D eigenvalue weighted by atomic mass is 10.3. The van der Waals surface area contributed by atoms with Gasteiger partial charge >= 0.3 is 0 Å². The Kier molecular flexibility index (Phi) is 5.40. The van der Waals surface area contributed by atoms with Gasteiger partial charge in [-0.15, -0.1) is 0 Å². The largest absolute Gasteiger partial charge is 0.506 e. The summed E-state index contributed by atoms with van der Waals surface area (Å²) in [6.07, 6.45) is 2.81. The molecule has 3 aromatic rings. The molecule has 0 aliphatic carbocycles. The van der Waals surface area contributed by atoms with Crippen LogP contribution in [0.1, 0.15) is 0 Å². The molecule has 0 saturated heterocycles. The molecule has 0 saturated carbocycles. The molecule has 0 spiro atoms. The topological polar surface area (TPSA) is 129 Å². The van der Waals surface area contributed by atoms with E-state index in [9.17, 15) is 13.5 Å². The van der Waals surface area contributed by atoms with E-state index in [4.69, 9.17) is 11.6 Å². The Labute approximate surface area is 160 Å². The standard InChI is InChI=1S/C16H15ClN6O3S/c1-18-27(25,26)11-3-4-13(24)12(6-11)22-15-7-16(21-9-20-15)23-14-5-2-10(17)8-19-14/h2-9,18,24H,1H3,(H2,19,20,21,22,23). The first-order chi connectivity index (χ1) is 12.9. The number of aromatic hydroxyl groups is 1. The fourth-order valence-corrected chi connectivity index (χ4v) is 2.98. The van der Waals surface area contributed by atoms with Crippen molar-refractivity contribution in [2.24, 2.45) is 0 Å². The maximum Gasteiger partial charge on any atom is 0.240 e. The first kappa shape index (κ1) is 18.8. The summed E-state index contributed by atoms with van der Waals surface area (Å²) >= 11 is 5.80. The number of halogens is 1. The normalized spacial score (nSPS) is 11.2. The van der Waals surface area contributed by atoms with Crippen LogP contribution in [0.5, 0.6) is 5.75 Å². The molecule has 9 nitrogen and oxygen atoms in total. The van der Waals surface area contributed by atoms with Crippen LogP contribution in [0.4, 0.5) is 23.1 Å². The third kappa shape index (κ3) is 4.61. The molecule has 0 bridgehead atoms. The van der Waals surface area contributed by atoms with E-state index in [-0.39, 0.29) is 16.3 Å². The molecule has 0 radical (unpaired) electrons. The highest BCUT2D eigenvalue weighted by molar-refractivity contribution is 7.89. The number of aromatic nitrogens is 3. The van der Waals surface area contributed by atoms with Gasteiger partial charge in [0, 0.05) is 12.3 Å². The van der Waals surface area contributed by atoms with E-state index in [2.05, 4.69) is 30.3 Å². The Morgan fingerprint density at radius 2 is 1.70 bits per heavy atom. The first-order valence-electron chi connectivity index (χ1n) is 7.61. The minimum atomic E-state index is -3.65. The van der Waals surface area contributed by atoms with Gasteiger partial charge in [0.05, 0.1) is 15.6 Å². The Balaban J connectivity index is 1.84. The number of sulfonamides is 1. The monoisotopic (exact) mass is 406 g/mol. The minimum Gasteiger partial charge on any atom is -0.506 e. The predicted octanol–water partition coefficient (Wildman–Crippen LogP) is 2.63. The van der Waals surface area contributed by atoms with E-state index in [1.165, 1.54) is 37.8 Å².